The van der Waals surface area contributed by atoms with E-state index in [1.807, 2.05) is 67.8 Å². The summed E-state index contributed by atoms with van der Waals surface area (Å²) in [5, 5.41) is 13.1. The molecule has 0 fully saturated rings. The molecular weight excluding hydrogens is 370 g/mol. The summed E-state index contributed by atoms with van der Waals surface area (Å²) in [7, 11) is 1.93. The van der Waals surface area contributed by atoms with Gasteiger partial charge in [0, 0.05) is 48.3 Å². The lowest BCUT2D eigenvalue weighted by Crippen LogP contribution is -2.07. The second-order valence-electron chi connectivity index (χ2n) is 6.47. The molecule has 0 unspecified atom stereocenters. The van der Waals surface area contributed by atoms with Crippen LogP contribution < -0.4 is 10.6 Å². The minimum Gasteiger partial charge on any atom is -0.381 e. The van der Waals surface area contributed by atoms with Crippen molar-refractivity contribution >= 4 is 39.9 Å². The van der Waals surface area contributed by atoms with Gasteiger partial charge in [-0.25, -0.2) is 9.97 Å². The van der Waals surface area contributed by atoms with Crippen molar-refractivity contribution in [1.82, 2.24) is 24.7 Å². The molecule has 0 amide bonds. The summed E-state index contributed by atoms with van der Waals surface area (Å²) in [6.07, 6.45) is 7.64. The highest BCUT2D eigenvalue weighted by Gasteiger charge is 2.09. The van der Waals surface area contributed by atoms with E-state index in [1.54, 1.807) is 0 Å². The molecule has 0 aliphatic rings. The lowest BCUT2D eigenvalue weighted by atomic mass is 10.2. The van der Waals surface area contributed by atoms with Crippen molar-refractivity contribution in [2.45, 2.75) is 18.6 Å². The average molecular weight is 392 g/mol. The van der Waals surface area contributed by atoms with Gasteiger partial charge in [-0.15, -0.1) is 0 Å². The lowest BCUT2D eigenvalue weighted by molar-refractivity contribution is 0.780. The van der Waals surface area contributed by atoms with E-state index in [0.29, 0.717) is 6.54 Å². The number of anilines is 3. The highest BCUT2D eigenvalue weighted by molar-refractivity contribution is 7.98. The van der Waals surface area contributed by atoms with E-state index in [4.69, 9.17) is 0 Å². The molecule has 28 heavy (non-hydrogen) atoms. The van der Waals surface area contributed by atoms with Crippen LogP contribution in [0.4, 0.5) is 17.2 Å². The summed E-state index contributed by atoms with van der Waals surface area (Å²) in [6, 6.07) is 10.1. The molecule has 0 aliphatic heterocycles. The zero-order valence-corrected chi connectivity index (χ0v) is 16.8. The van der Waals surface area contributed by atoms with Crippen LogP contribution in [0, 0.1) is 6.92 Å². The van der Waals surface area contributed by atoms with Gasteiger partial charge in [0.1, 0.15) is 5.82 Å². The maximum absolute atomic E-state index is 4.63. The van der Waals surface area contributed by atoms with Gasteiger partial charge in [-0.1, -0.05) is 11.8 Å². The molecule has 1 aromatic carbocycles. The summed E-state index contributed by atoms with van der Waals surface area (Å²) in [5.74, 6) is 0.778. The van der Waals surface area contributed by atoms with Gasteiger partial charge >= 0.3 is 0 Å². The van der Waals surface area contributed by atoms with Gasteiger partial charge in [0.25, 0.3) is 0 Å². The van der Waals surface area contributed by atoms with Crippen LogP contribution in [0.1, 0.15) is 11.3 Å². The molecule has 2 N–H and O–H groups in total. The van der Waals surface area contributed by atoms with Gasteiger partial charge in [0.05, 0.1) is 17.4 Å². The number of nitrogens with one attached hydrogen (secondary N) is 2. The quantitative estimate of drug-likeness (QED) is 0.377. The number of nitrogens with zero attached hydrogens (tertiary/aromatic N) is 5. The monoisotopic (exact) mass is 391 g/mol. The molecule has 7 nitrogen and oxygen atoms in total. The normalized spacial score (nSPS) is 11.0. The number of benzene rings is 1. The first-order valence-electron chi connectivity index (χ1n) is 8.87. The summed E-state index contributed by atoms with van der Waals surface area (Å²) in [5.41, 5.74) is 4.86. The average Bonchev–Trinajstić information content (AvgIpc) is 3.08. The van der Waals surface area contributed by atoms with Crippen molar-refractivity contribution in [2.24, 2.45) is 7.05 Å². The number of rotatable bonds is 6. The summed E-state index contributed by atoms with van der Waals surface area (Å²) < 4.78 is 1.82. The molecule has 4 aromatic rings. The zero-order chi connectivity index (χ0) is 19.5. The maximum atomic E-state index is 4.63. The van der Waals surface area contributed by atoms with Gasteiger partial charge in [-0.05, 0) is 43.5 Å². The Hall–Kier alpha value is -3.13. The van der Waals surface area contributed by atoms with Crippen LogP contribution >= 0.6 is 11.8 Å². The van der Waals surface area contributed by atoms with Crippen molar-refractivity contribution < 1.29 is 0 Å². The molecule has 0 saturated carbocycles. The smallest absolute Gasteiger partial charge is 0.189 e. The summed E-state index contributed by atoms with van der Waals surface area (Å²) in [6.45, 7) is 2.57. The second-order valence-corrected chi connectivity index (χ2v) is 7.25. The first kappa shape index (κ1) is 18.2. The Balaban J connectivity index is 1.56. The SMILES string of the molecule is CSc1ncc(CNc2ccc3nn(C)cc3c2)c(Nc2ccc(C)nc2)n1. The highest BCUT2D eigenvalue weighted by Crippen LogP contribution is 2.23. The van der Waals surface area contributed by atoms with Crippen LogP contribution in [0.15, 0.2) is 54.1 Å². The van der Waals surface area contributed by atoms with Gasteiger partial charge < -0.3 is 10.6 Å². The Morgan fingerprint density at radius 1 is 1.07 bits per heavy atom. The highest BCUT2D eigenvalue weighted by atomic mass is 32.2. The zero-order valence-electron chi connectivity index (χ0n) is 16.0. The minimum absolute atomic E-state index is 0.599. The molecule has 0 bridgehead atoms. The van der Waals surface area contributed by atoms with Crippen LogP contribution in [0.2, 0.25) is 0 Å². The Morgan fingerprint density at radius 3 is 2.71 bits per heavy atom. The van der Waals surface area contributed by atoms with E-state index in [1.165, 1.54) is 11.8 Å². The Labute approximate surface area is 167 Å². The van der Waals surface area contributed by atoms with Gasteiger partial charge in [0.2, 0.25) is 0 Å². The van der Waals surface area contributed by atoms with E-state index < -0.39 is 0 Å². The number of fused-ring (bicyclic) bond motifs is 1. The van der Waals surface area contributed by atoms with E-state index >= 15 is 0 Å². The standard InChI is InChI=1S/C20H21N7S/c1-13-4-5-17(11-21-13)24-19-15(10-23-20(25-19)28-3)9-22-16-6-7-18-14(8-16)12-27(2)26-18/h4-8,10-12,22H,9H2,1-3H3,(H,23,24,25). The number of pyridine rings is 1. The topological polar surface area (TPSA) is 80.5 Å². The molecule has 0 aliphatic carbocycles. The number of thioether (sulfide) groups is 1. The fourth-order valence-electron chi connectivity index (χ4n) is 2.86. The number of hydrogen-bond donors (Lipinski definition) is 2. The number of hydrogen-bond acceptors (Lipinski definition) is 7. The third-order valence-electron chi connectivity index (χ3n) is 4.30. The van der Waals surface area contributed by atoms with Crippen LogP contribution in [-0.2, 0) is 13.6 Å². The fourth-order valence-corrected chi connectivity index (χ4v) is 3.20. The van der Waals surface area contributed by atoms with E-state index in [0.717, 1.165) is 44.5 Å². The molecular formula is C20H21N7S. The third-order valence-corrected chi connectivity index (χ3v) is 4.86. The first-order valence-corrected chi connectivity index (χ1v) is 10.1. The van der Waals surface area contributed by atoms with Gasteiger partial charge in [0.15, 0.2) is 5.16 Å². The number of aromatic nitrogens is 5. The van der Waals surface area contributed by atoms with Crippen LogP contribution in [0.5, 0.6) is 0 Å². The van der Waals surface area contributed by atoms with E-state index in [9.17, 15) is 0 Å². The Kier molecular flexibility index (Phi) is 5.12. The second kappa shape index (κ2) is 7.85. The van der Waals surface area contributed by atoms with Crippen molar-refractivity contribution in [3.8, 4) is 0 Å². The van der Waals surface area contributed by atoms with Crippen LogP contribution in [-0.4, -0.2) is 31.0 Å². The lowest BCUT2D eigenvalue weighted by Gasteiger charge is -2.13. The van der Waals surface area contributed by atoms with Crippen molar-refractivity contribution in [3.63, 3.8) is 0 Å². The van der Waals surface area contributed by atoms with Crippen LogP contribution in [0.25, 0.3) is 10.9 Å². The molecule has 0 atom stereocenters. The molecule has 0 spiro atoms. The molecule has 8 heteroatoms. The van der Waals surface area contributed by atoms with Crippen LogP contribution in [0.3, 0.4) is 0 Å². The minimum atomic E-state index is 0.599. The van der Waals surface area contributed by atoms with E-state index in [2.05, 4.69) is 36.8 Å². The molecule has 3 heterocycles. The molecule has 0 saturated heterocycles. The summed E-state index contributed by atoms with van der Waals surface area (Å²) >= 11 is 1.52. The first-order chi connectivity index (χ1) is 13.6. The predicted octanol–water partition coefficient (Wildman–Crippen LogP) is 4.14. The largest absolute Gasteiger partial charge is 0.381 e. The fraction of sp³-hybridized carbons (Fsp3) is 0.200. The summed E-state index contributed by atoms with van der Waals surface area (Å²) in [4.78, 5) is 13.4. The van der Waals surface area contributed by atoms with Crippen molar-refractivity contribution in [1.29, 1.82) is 0 Å². The molecule has 4 rings (SSSR count). The number of aryl methyl sites for hydroxylation is 2. The maximum Gasteiger partial charge on any atom is 0.189 e. The third kappa shape index (κ3) is 4.07. The molecule has 142 valence electrons. The molecule has 0 radical (unpaired) electrons. The van der Waals surface area contributed by atoms with E-state index in [-0.39, 0.29) is 0 Å². The van der Waals surface area contributed by atoms with Gasteiger partial charge in [-0.2, -0.15) is 5.10 Å². The molecule has 3 aromatic heterocycles. The van der Waals surface area contributed by atoms with Crippen molar-refractivity contribution in [2.75, 3.05) is 16.9 Å². The Bertz CT molecular complexity index is 1110. The Morgan fingerprint density at radius 2 is 1.93 bits per heavy atom. The van der Waals surface area contributed by atoms with Crippen molar-refractivity contribution in [3.05, 3.63) is 60.2 Å². The van der Waals surface area contributed by atoms with Gasteiger partial charge in [-0.3, -0.25) is 9.67 Å². The predicted molar refractivity (Wildman–Crippen MR) is 114 cm³/mol.